The maximum absolute atomic E-state index is 0. The van der Waals surface area contributed by atoms with Gasteiger partial charge < -0.3 is 0 Å². The van der Waals surface area contributed by atoms with Gasteiger partial charge in [0.15, 0.2) is 0 Å². The van der Waals surface area contributed by atoms with Crippen molar-refractivity contribution in [2.45, 2.75) is 0 Å². The van der Waals surface area contributed by atoms with Crippen molar-refractivity contribution in [3.63, 3.8) is 0 Å². The number of rotatable bonds is 0. The Labute approximate surface area is 118 Å². The van der Waals surface area contributed by atoms with Crippen LogP contribution in [0.25, 0.3) is 0 Å². The molecule has 0 aromatic heterocycles. The van der Waals surface area contributed by atoms with E-state index in [1.54, 1.807) is 0 Å². The summed E-state index contributed by atoms with van der Waals surface area (Å²) in [6.07, 6.45) is 0. The van der Waals surface area contributed by atoms with Crippen LogP contribution in [0.4, 0.5) is 0 Å². The van der Waals surface area contributed by atoms with E-state index >= 15 is 0 Å². The molecular weight excluding hydrogens is 334 g/mol. The largest absolute Gasteiger partial charge is 0 e. The first-order chi connectivity index (χ1) is 0. The predicted octanol–water partition coefficient (Wildman–Crippen LogP) is -0.393. The van der Waals surface area contributed by atoms with E-state index in [2.05, 4.69) is 0 Å². The molecule has 2 radical (unpaired) electrons. The summed E-state index contributed by atoms with van der Waals surface area (Å²) in [5.74, 6) is 0. The molecule has 0 aliphatic heterocycles. The van der Waals surface area contributed by atoms with Crippen molar-refractivity contribution in [2.24, 2.45) is 0 Å². The fourth-order valence-corrected chi connectivity index (χ4v) is 0. The maximum atomic E-state index is 0. The van der Waals surface area contributed by atoms with Gasteiger partial charge in [-0.2, -0.15) is 0 Å². The predicted molar refractivity (Wildman–Crippen MR) is 5.75 cm³/mol. The van der Waals surface area contributed by atoms with E-state index in [9.17, 15) is 0 Å². The second-order valence-electron chi connectivity index (χ2n) is 0. The molecule has 0 rings (SSSR count). The topological polar surface area (TPSA) is 0 Å². The Hall–Kier alpha value is 3.73. The molecule has 0 bridgehead atoms. The third-order valence-electron chi connectivity index (χ3n) is 0. The van der Waals surface area contributed by atoms with Gasteiger partial charge in [0.1, 0.15) is 0 Å². The molecule has 0 saturated heterocycles. The summed E-state index contributed by atoms with van der Waals surface area (Å²) in [4.78, 5) is 0. The van der Waals surface area contributed by atoms with Gasteiger partial charge in [0.2, 0.25) is 0 Å². The number of hydrogen-bond donors (Lipinski definition) is 0. The normalized spacial score (nSPS) is 0. The van der Waals surface area contributed by atoms with E-state index in [0.717, 1.165) is 0 Å². The van der Waals surface area contributed by atoms with Crippen LogP contribution in [-0.2, 0) is 82.5 Å². The van der Waals surface area contributed by atoms with Crippen LogP contribution in [0.2, 0.25) is 0 Å². The van der Waals surface area contributed by atoms with Crippen LogP contribution in [0.15, 0.2) is 0 Å². The summed E-state index contributed by atoms with van der Waals surface area (Å²) in [5.41, 5.74) is 0. The van der Waals surface area contributed by atoms with E-state index in [1.165, 1.54) is 0 Å². The van der Waals surface area contributed by atoms with Crippen molar-refractivity contribution < 1.29 is 82.5 Å². The van der Waals surface area contributed by atoms with Crippen molar-refractivity contribution in [2.75, 3.05) is 0 Å². The summed E-state index contributed by atoms with van der Waals surface area (Å²) in [6.45, 7) is 0. The van der Waals surface area contributed by atoms with Crippen molar-refractivity contribution in [3.8, 4) is 0 Å². The fourth-order valence-electron chi connectivity index (χ4n) is 0. The molecule has 0 nitrogen and oxygen atoms in total. The smallest absolute Gasteiger partial charge is 0 e. The second kappa shape index (κ2) is 37.5. The Bertz CT molecular complexity index is 3.90. The van der Waals surface area contributed by atoms with Gasteiger partial charge in [0.05, 0.1) is 0 Å². The Balaban J connectivity index is 0. The third kappa shape index (κ3) is 25.2. The second-order valence-corrected chi connectivity index (χ2v) is 0. The third-order valence-corrected chi connectivity index (χ3v) is 0. The zero-order chi connectivity index (χ0) is 0. The van der Waals surface area contributed by atoms with Gasteiger partial charge in [-0.3, -0.25) is 0 Å². The average Bonchev–Trinajstić information content (AvgIpc) is 0. The van der Waals surface area contributed by atoms with Gasteiger partial charge in [-0.1, -0.05) is 0 Å². The van der Waals surface area contributed by atoms with E-state index in [4.69, 9.17) is 0 Å². The molecule has 0 unspecified atom stereocenters. The monoisotopic (exact) mass is 330 g/mol. The van der Waals surface area contributed by atoms with Gasteiger partial charge in [-0.05, 0) is 0 Å². The molecule has 0 saturated carbocycles. The van der Waals surface area contributed by atoms with Gasteiger partial charge in [-0.25, -0.2) is 0 Å². The van der Waals surface area contributed by atoms with Crippen LogP contribution in [-0.4, -0.2) is 37.7 Å². The average molecular weight is 334 g/mol. The Morgan fingerprint density at radius 2 is 0.333 bits per heavy atom. The summed E-state index contributed by atoms with van der Waals surface area (Å²) in [6, 6.07) is 0. The SMILES string of the molecule is [Ca].[Ni].[Ni].[Ni].[Ni].[Ni]. The molecule has 0 heterocycles. The molecular formula is CaNi5. The Morgan fingerprint density at radius 3 is 0.333 bits per heavy atom. The molecule has 0 aromatic rings. The molecule has 6 heavy (non-hydrogen) atoms. The van der Waals surface area contributed by atoms with Crippen LogP contribution in [0.1, 0.15) is 0 Å². The minimum Gasteiger partial charge on any atom is 0 e. The molecule has 0 aliphatic carbocycles. The number of hydrogen-bond acceptors (Lipinski definition) is 0. The summed E-state index contributed by atoms with van der Waals surface area (Å²) in [5, 5.41) is 0. The van der Waals surface area contributed by atoms with Crippen LogP contribution in [0, 0.1) is 0 Å². The molecule has 0 amide bonds. The van der Waals surface area contributed by atoms with Gasteiger partial charge >= 0.3 is 0 Å². The summed E-state index contributed by atoms with van der Waals surface area (Å²) < 4.78 is 0. The van der Waals surface area contributed by atoms with Crippen molar-refractivity contribution in [1.29, 1.82) is 0 Å². The van der Waals surface area contributed by atoms with Crippen LogP contribution < -0.4 is 0 Å². The minimum absolute atomic E-state index is 0. The molecule has 0 aromatic carbocycles. The molecule has 0 N–H and O–H groups in total. The first kappa shape index (κ1) is 53.3. The van der Waals surface area contributed by atoms with Crippen LogP contribution in [0.5, 0.6) is 0 Å². The van der Waals surface area contributed by atoms with Gasteiger partial charge in [0, 0.05) is 120 Å². The molecule has 0 atom stereocenters. The Kier molecular flexibility index (Phi) is 333. The van der Waals surface area contributed by atoms with Crippen molar-refractivity contribution in [1.82, 2.24) is 0 Å². The van der Waals surface area contributed by atoms with Crippen molar-refractivity contribution in [3.05, 3.63) is 0 Å². The van der Waals surface area contributed by atoms with Crippen LogP contribution >= 0.6 is 0 Å². The standard InChI is InChI=1S/Ca.5Ni. The van der Waals surface area contributed by atoms with E-state index in [0.29, 0.717) is 0 Å². The summed E-state index contributed by atoms with van der Waals surface area (Å²) in [7, 11) is 0. The Morgan fingerprint density at radius 1 is 0.333 bits per heavy atom. The molecule has 6 heteroatoms. The maximum Gasteiger partial charge on any atom is 0 e. The zero-order valence-electron chi connectivity index (χ0n) is 2.29. The van der Waals surface area contributed by atoms with E-state index < -0.39 is 0 Å². The fraction of sp³-hybridized carbons (Fsp3) is 0. The summed E-state index contributed by atoms with van der Waals surface area (Å²) >= 11 is 0. The van der Waals surface area contributed by atoms with E-state index in [1.807, 2.05) is 0 Å². The molecule has 52 valence electrons. The minimum atomic E-state index is 0. The van der Waals surface area contributed by atoms with Crippen LogP contribution in [0.3, 0.4) is 0 Å². The van der Waals surface area contributed by atoms with Crippen molar-refractivity contribution >= 4 is 37.7 Å². The van der Waals surface area contributed by atoms with Gasteiger partial charge in [-0.15, -0.1) is 0 Å². The molecule has 0 spiro atoms. The first-order valence-corrected chi connectivity index (χ1v) is 0. The molecule has 0 fully saturated rings. The molecule has 0 aliphatic rings. The van der Waals surface area contributed by atoms with Gasteiger partial charge in [0.25, 0.3) is 0 Å². The van der Waals surface area contributed by atoms with E-state index in [-0.39, 0.29) is 120 Å². The quantitative estimate of drug-likeness (QED) is 0.530. The first-order valence-electron chi connectivity index (χ1n) is 0. The zero-order valence-corrected chi connectivity index (χ0v) is 9.43.